The van der Waals surface area contributed by atoms with Crippen molar-refractivity contribution in [3.05, 3.63) is 51.9 Å². The third kappa shape index (κ3) is 4.24. The monoisotopic (exact) mass is 289 g/mol. The zero-order chi connectivity index (χ0) is 14.5. The van der Waals surface area contributed by atoms with Gasteiger partial charge >= 0.3 is 0 Å². The zero-order valence-electron chi connectivity index (χ0n) is 11.3. The van der Waals surface area contributed by atoms with Crippen molar-refractivity contribution >= 4 is 23.4 Å². The van der Waals surface area contributed by atoms with Crippen molar-refractivity contribution in [2.24, 2.45) is 0 Å². The Hall–Kier alpha value is -2.08. The number of hydrogen-bond donors (Lipinski definition) is 2. The summed E-state index contributed by atoms with van der Waals surface area (Å²) in [6, 6.07) is 8.98. The molecule has 0 saturated carbocycles. The highest BCUT2D eigenvalue weighted by Gasteiger charge is 2.05. The van der Waals surface area contributed by atoms with Crippen LogP contribution in [0.4, 0.5) is 5.69 Å². The summed E-state index contributed by atoms with van der Waals surface area (Å²) in [7, 11) is 0. The predicted octanol–water partition coefficient (Wildman–Crippen LogP) is 2.12. The summed E-state index contributed by atoms with van der Waals surface area (Å²) in [4.78, 5) is 29.8. The second-order valence-corrected chi connectivity index (χ2v) is 5.36. The first-order valence-corrected chi connectivity index (χ1v) is 7.09. The van der Waals surface area contributed by atoms with Crippen LogP contribution in [0.2, 0.25) is 0 Å². The molecule has 20 heavy (non-hydrogen) atoms. The van der Waals surface area contributed by atoms with Crippen molar-refractivity contribution in [2.75, 3.05) is 11.1 Å². The average molecular weight is 289 g/mol. The average Bonchev–Trinajstić information content (AvgIpc) is 2.38. The molecule has 0 radical (unpaired) electrons. The fourth-order valence-electron chi connectivity index (χ4n) is 1.59. The lowest BCUT2D eigenvalue weighted by Gasteiger charge is -2.05. The Bertz CT molecular complexity index is 665. The van der Waals surface area contributed by atoms with Gasteiger partial charge in [0.05, 0.1) is 5.75 Å². The zero-order valence-corrected chi connectivity index (χ0v) is 12.1. The van der Waals surface area contributed by atoms with Gasteiger partial charge in [0.1, 0.15) is 0 Å². The van der Waals surface area contributed by atoms with Crippen molar-refractivity contribution in [3.63, 3.8) is 0 Å². The van der Waals surface area contributed by atoms with Crippen LogP contribution < -0.4 is 10.9 Å². The molecule has 2 aromatic rings. The van der Waals surface area contributed by atoms with E-state index in [1.165, 1.54) is 17.8 Å². The van der Waals surface area contributed by atoms with Crippen LogP contribution in [0, 0.1) is 13.8 Å². The van der Waals surface area contributed by atoms with Gasteiger partial charge in [-0.2, -0.15) is 0 Å². The molecule has 2 N–H and O–H groups in total. The Morgan fingerprint density at radius 2 is 2.00 bits per heavy atom. The van der Waals surface area contributed by atoms with Gasteiger partial charge in [-0.15, -0.1) is 0 Å². The van der Waals surface area contributed by atoms with Crippen LogP contribution in [0.25, 0.3) is 0 Å². The third-order valence-corrected chi connectivity index (χ3v) is 3.40. The lowest BCUT2D eigenvalue weighted by molar-refractivity contribution is -0.113. The number of carbonyl (C=O) groups is 1. The lowest BCUT2D eigenvalue weighted by atomic mass is 10.2. The Labute approximate surface area is 120 Å². The van der Waals surface area contributed by atoms with Crippen LogP contribution in [0.1, 0.15) is 11.3 Å². The van der Waals surface area contributed by atoms with Crippen molar-refractivity contribution in [1.82, 2.24) is 9.97 Å². The molecule has 0 saturated heterocycles. The number of nitrogens with one attached hydrogen (secondary N) is 2. The maximum atomic E-state index is 11.8. The van der Waals surface area contributed by atoms with Crippen molar-refractivity contribution in [3.8, 4) is 0 Å². The van der Waals surface area contributed by atoms with Gasteiger partial charge in [0.25, 0.3) is 5.56 Å². The van der Waals surface area contributed by atoms with Crippen LogP contribution in [-0.2, 0) is 4.79 Å². The minimum atomic E-state index is -0.209. The number of rotatable bonds is 4. The summed E-state index contributed by atoms with van der Waals surface area (Å²) in [6.07, 6.45) is 0. The van der Waals surface area contributed by atoms with E-state index >= 15 is 0 Å². The fraction of sp³-hybridized carbons (Fsp3) is 0.214. The molecule has 1 aromatic heterocycles. The lowest BCUT2D eigenvalue weighted by Crippen LogP contribution is -2.15. The number of anilines is 1. The topological polar surface area (TPSA) is 74.8 Å². The molecule has 0 fully saturated rings. The molecule has 1 amide bonds. The number of aromatic nitrogens is 2. The quantitative estimate of drug-likeness (QED) is 0.668. The fourth-order valence-corrected chi connectivity index (χ4v) is 2.31. The summed E-state index contributed by atoms with van der Waals surface area (Å²) in [5, 5.41) is 3.24. The summed E-state index contributed by atoms with van der Waals surface area (Å²) >= 11 is 1.20. The van der Waals surface area contributed by atoms with Gasteiger partial charge in [-0.05, 0) is 26.0 Å². The molecule has 104 valence electrons. The van der Waals surface area contributed by atoms with E-state index in [-0.39, 0.29) is 17.2 Å². The molecule has 0 aliphatic rings. The Morgan fingerprint density at radius 3 is 2.65 bits per heavy atom. The summed E-state index contributed by atoms with van der Waals surface area (Å²) in [5.41, 5.74) is 2.32. The van der Waals surface area contributed by atoms with Gasteiger partial charge in [0, 0.05) is 17.4 Å². The number of H-pyrrole nitrogens is 1. The summed E-state index contributed by atoms with van der Waals surface area (Å²) < 4.78 is 0. The number of aryl methyl sites for hydroxylation is 2. The van der Waals surface area contributed by atoms with Gasteiger partial charge in [0.2, 0.25) is 5.91 Å². The smallest absolute Gasteiger partial charge is 0.251 e. The van der Waals surface area contributed by atoms with Crippen molar-refractivity contribution in [2.45, 2.75) is 19.0 Å². The van der Waals surface area contributed by atoms with Gasteiger partial charge < -0.3 is 10.3 Å². The number of amides is 1. The van der Waals surface area contributed by atoms with Crippen LogP contribution in [0.3, 0.4) is 0 Å². The number of hydrogen-bond acceptors (Lipinski definition) is 4. The van der Waals surface area contributed by atoms with E-state index in [0.717, 1.165) is 11.3 Å². The summed E-state index contributed by atoms with van der Waals surface area (Å²) in [6.45, 7) is 3.73. The molecule has 1 heterocycles. The molecule has 0 aliphatic heterocycles. The predicted molar refractivity (Wildman–Crippen MR) is 80.1 cm³/mol. The molecule has 0 bridgehead atoms. The van der Waals surface area contributed by atoms with Gasteiger partial charge in [0.15, 0.2) is 5.16 Å². The Balaban J connectivity index is 1.92. The molecule has 6 heteroatoms. The number of carbonyl (C=O) groups excluding carboxylic acids is 1. The van der Waals surface area contributed by atoms with E-state index in [0.29, 0.717) is 10.9 Å². The molecule has 0 spiro atoms. The van der Waals surface area contributed by atoms with Crippen molar-refractivity contribution in [1.29, 1.82) is 0 Å². The number of benzene rings is 1. The second-order valence-electron chi connectivity index (χ2n) is 4.39. The molecule has 0 atom stereocenters. The van der Waals surface area contributed by atoms with Gasteiger partial charge in [-0.3, -0.25) is 9.59 Å². The molecule has 5 nitrogen and oxygen atoms in total. The van der Waals surface area contributed by atoms with Crippen molar-refractivity contribution < 1.29 is 4.79 Å². The van der Waals surface area contributed by atoms with Gasteiger partial charge in [-0.1, -0.05) is 29.5 Å². The third-order valence-electron chi connectivity index (χ3n) is 2.52. The molecule has 0 aliphatic carbocycles. The summed E-state index contributed by atoms with van der Waals surface area (Å²) in [5.74, 6) is 0.0586. The molecule has 2 rings (SSSR count). The molecular formula is C14H15N3O2S. The van der Waals surface area contributed by atoms with Crippen LogP contribution >= 0.6 is 11.8 Å². The second kappa shape index (κ2) is 6.38. The maximum Gasteiger partial charge on any atom is 0.251 e. The number of aromatic amines is 1. The minimum Gasteiger partial charge on any atom is -0.325 e. The van der Waals surface area contributed by atoms with E-state index in [4.69, 9.17) is 0 Å². The highest BCUT2D eigenvalue weighted by atomic mass is 32.2. The van der Waals surface area contributed by atoms with E-state index in [1.54, 1.807) is 6.92 Å². The number of nitrogens with zero attached hydrogens (tertiary/aromatic N) is 1. The maximum absolute atomic E-state index is 11.8. The first-order chi connectivity index (χ1) is 9.52. The van der Waals surface area contributed by atoms with E-state index < -0.39 is 0 Å². The SMILES string of the molecule is Cc1ccc(NC(=O)CSc2nc(C)cc(=O)[nH]2)cc1. The molecular weight excluding hydrogens is 274 g/mol. The largest absolute Gasteiger partial charge is 0.325 e. The van der Waals surface area contributed by atoms with E-state index in [1.807, 2.05) is 31.2 Å². The minimum absolute atomic E-state index is 0.136. The Morgan fingerprint density at radius 1 is 1.30 bits per heavy atom. The van der Waals surface area contributed by atoms with E-state index in [9.17, 15) is 9.59 Å². The molecule has 1 aromatic carbocycles. The first-order valence-electron chi connectivity index (χ1n) is 6.10. The standard InChI is InChI=1S/C14H15N3O2S/c1-9-3-5-11(6-4-9)16-13(19)8-20-14-15-10(2)7-12(18)17-14/h3-7H,8H2,1-2H3,(H,16,19)(H,15,17,18). The highest BCUT2D eigenvalue weighted by molar-refractivity contribution is 7.99. The van der Waals surface area contributed by atoms with Crippen LogP contribution in [0.5, 0.6) is 0 Å². The number of thioether (sulfide) groups is 1. The Kier molecular flexibility index (Phi) is 4.57. The van der Waals surface area contributed by atoms with Crippen LogP contribution in [-0.4, -0.2) is 21.6 Å². The van der Waals surface area contributed by atoms with E-state index in [2.05, 4.69) is 15.3 Å². The normalized spacial score (nSPS) is 10.3. The first kappa shape index (κ1) is 14.3. The highest BCUT2D eigenvalue weighted by Crippen LogP contribution is 2.13. The van der Waals surface area contributed by atoms with Gasteiger partial charge in [-0.25, -0.2) is 4.98 Å². The molecule has 0 unspecified atom stereocenters. The van der Waals surface area contributed by atoms with Crippen LogP contribution in [0.15, 0.2) is 40.3 Å².